The largest absolute Gasteiger partial charge is 0.243 e. The molecule has 0 radical (unpaired) electrons. The maximum atomic E-state index is 5.95. The van der Waals surface area contributed by atoms with Crippen LogP contribution in [0.3, 0.4) is 0 Å². The van der Waals surface area contributed by atoms with Crippen molar-refractivity contribution in [1.82, 2.24) is 9.97 Å². The van der Waals surface area contributed by atoms with Crippen molar-refractivity contribution in [2.75, 3.05) is 0 Å². The molecule has 2 rings (SSSR count). The zero-order valence-electron chi connectivity index (χ0n) is 6.37. The lowest BCUT2D eigenvalue weighted by Gasteiger charge is -1.99. The maximum absolute atomic E-state index is 5.95. The summed E-state index contributed by atoms with van der Waals surface area (Å²) < 4.78 is 1.01. The average Bonchev–Trinajstić information content (AvgIpc) is 2.52. The molecule has 0 spiro atoms. The third-order valence-corrected chi connectivity index (χ3v) is 3.52. The van der Waals surface area contributed by atoms with Crippen molar-refractivity contribution in [2.24, 2.45) is 0 Å². The zero-order chi connectivity index (χ0) is 9.26. The minimum absolute atomic E-state index is 0.571. The highest BCUT2D eigenvalue weighted by Crippen LogP contribution is 2.33. The van der Waals surface area contributed by atoms with Gasteiger partial charge in [-0.2, -0.15) is 11.3 Å². The molecule has 13 heavy (non-hydrogen) atoms. The predicted molar refractivity (Wildman–Crippen MR) is 58.1 cm³/mol. The van der Waals surface area contributed by atoms with Gasteiger partial charge in [-0.25, -0.2) is 9.97 Å². The molecule has 0 atom stereocenters. The van der Waals surface area contributed by atoms with E-state index in [9.17, 15) is 0 Å². The van der Waals surface area contributed by atoms with Crippen LogP contribution >= 0.6 is 38.9 Å². The van der Waals surface area contributed by atoms with Crippen LogP contribution < -0.4 is 0 Å². The summed E-state index contributed by atoms with van der Waals surface area (Å²) in [6.45, 7) is 0. The zero-order valence-corrected chi connectivity index (χ0v) is 9.53. The van der Waals surface area contributed by atoms with Gasteiger partial charge in [0.2, 0.25) is 0 Å². The first kappa shape index (κ1) is 9.12. The van der Waals surface area contributed by atoms with E-state index in [-0.39, 0.29) is 0 Å². The summed E-state index contributed by atoms with van der Waals surface area (Å²) in [5.74, 6) is 0. The number of aromatic nitrogens is 2. The molecule has 0 unspecified atom stereocenters. The topological polar surface area (TPSA) is 25.8 Å². The molecule has 2 nitrogen and oxygen atoms in total. The number of rotatable bonds is 1. The Labute approximate surface area is 92.7 Å². The monoisotopic (exact) mass is 274 g/mol. The first-order valence-electron chi connectivity index (χ1n) is 3.46. The van der Waals surface area contributed by atoms with Crippen LogP contribution in [0.2, 0.25) is 5.02 Å². The highest BCUT2D eigenvalue weighted by Gasteiger charge is 2.08. The Balaban J connectivity index is 2.59. The van der Waals surface area contributed by atoms with E-state index in [1.165, 1.54) is 6.33 Å². The summed E-state index contributed by atoms with van der Waals surface area (Å²) in [4.78, 5) is 7.94. The lowest BCUT2D eigenvalue weighted by molar-refractivity contribution is 1.17. The van der Waals surface area contributed by atoms with Crippen molar-refractivity contribution < 1.29 is 0 Å². The standard InChI is InChI=1S/C8H4BrClN2S/c9-6-3-13-2-5(6)8-7(10)1-11-4-12-8/h1-4H. The second-order valence-corrected chi connectivity index (χ2v) is 4.36. The van der Waals surface area contributed by atoms with E-state index in [4.69, 9.17) is 11.6 Å². The normalized spacial score (nSPS) is 10.3. The van der Waals surface area contributed by atoms with E-state index < -0.39 is 0 Å². The van der Waals surface area contributed by atoms with Gasteiger partial charge in [-0.1, -0.05) is 11.6 Å². The third kappa shape index (κ3) is 1.75. The number of hydrogen-bond donors (Lipinski definition) is 0. The lowest BCUT2D eigenvalue weighted by Crippen LogP contribution is -1.84. The average molecular weight is 276 g/mol. The van der Waals surface area contributed by atoms with Crippen molar-refractivity contribution in [2.45, 2.75) is 0 Å². The van der Waals surface area contributed by atoms with E-state index >= 15 is 0 Å². The summed E-state index contributed by atoms with van der Waals surface area (Å²) in [7, 11) is 0. The van der Waals surface area contributed by atoms with Crippen LogP contribution in [-0.2, 0) is 0 Å². The number of halogens is 2. The first-order chi connectivity index (χ1) is 6.29. The van der Waals surface area contributed by atoms with Gasteiger partial charge in [-0.3, -0.25) is 0 Å². The van der Waals surface area contributed by atoms with Crippen LogP contribution in [0.1, 0.15) is 0 Å². The fourth-order valence-corrected chi connectivity index (χ4v) is 2.63. The molecule has 2 aromatic rings. The molecule has 0 bridgehead atoms. The summed E-state index contributed by atoms with van der Waals surface area (Å²) in [5.41, 5.74) is 1.78. The molecular formula is C8H4BrClN2S. The molecule has 0 fully saturated rings. The smallest absolute Gasteiger partial charge is 0.116 e. The molecule has 0 saturated carbocycles. The number of thiophene rings is 1. The second-order valence-electron chi connectivity index (χ2n) is 2.35. The fourth-order valence-electron chi connectivity index (χ4n) is 0.961. The molecule has 5 heteroatoms. The minimum atomic E-state index is 0.571. The van der Waals surface area contributed by atoms with Crippen LogP contribution in [0.5, 0.6) is 0 Å². The molecule has 0 N–H and O–H groups in total. The van der Waals surface area contributed by atoms with Gasteiger partial charge in [0.15, 0.2) is 0 Å². The molecule has 0 aliphatic heterocycles. The molecule has 2 heterocycles. The van der Waals surface area contributed by atoms with Gasteiger partial charge in [0.1, 0.15) is 6.33 Å². The second kappa shape index (κ2) is 3.74. The van der Waals surface area contributed by atoms with Gasteiger partial charge in [-0.15, -0.1) is 0 Å². The van der Waals surface area contributed by atoms with Crippen molar-refractivity contribution in [1.29, 1.82) is 0 Å². The molecule has 0 amide bonds. The van der Waals surface area contributed by atoms with E-state index in [1.807, 2.05) is 10.8 Å². The van der Waals surface area contributed by atoms with Gasteiger partial charge in [0.25, 0.3) is 0 Å². The van der Waals surface area contributed by atoms with E-state index in [0.29, 0.717) is 5.02 Å². The van der Waals surface area contributed by atoms with Crippen LogP contribution in [0.4, 0.5) is 0 Å². The molecular weight excluding hydrogens is 272 g/mol. The Bertz CT molecular complexity index is 430. The summed E-state index contributed by atoms with van der Waals surface area (Å²) >= 11 is 11.0. The summed E-state index contributed by atoms with van der Waals surface area (Å²) in [6.07, 6.45) is 3.08. The van der Waals surface area contributed by atoms with Crippen LogP contribution in [-0.4, -0.2) is 9.97 Å². The molecule has 66 valence electrons. The Morgan fingerprint density at radius 3 is 2.85 bits per heavy atom. The summed E-state index contributed by atoms with van der Waals surface area (Å²) in [6, 6.07) is 0. The highest BCUT2D eigenvalue weighted by atomic mass is 79.9. The predicted octanol–water partition coefficient (Wildman–Crippen LogP) is 3.62. The Hall–Kier alpha value is -0.450. The lowest BCUT2D eigenvalue weighted by atomic mass is 10.2. The van der Waals surface area contributed by atoms with E-state index in [0.717, 1.165) is 15.7 Å². The van der Waals surface area contributed by atoms with Crippen molar-refractivity contribution in [3.63, 3.8) is 0 Å². The Morgan fingerprint density at radius 2 is 2.23 bits per heavy atom. The fraction of sp³-hybridized carbons (Fsp3) is 0. The third-order valence-electron chi connectivity index (χ3n) is 1.54. The molecule has 0 saturated heterocycles. The minimum Gasteiger partial charge on any atom is -0.243 e. The van der Waals surface area contributed by atoms with Crippen molar-refractivity contribution in [3.05, 3.63) is 32.8 Å². The van der Waals surface area contributed by atoms with Crippen LogP contribution in [0.25, 0.3) is 11.3 Å². The van der Waals surface area contributed by atoms with Gasteiger partial charge >= 0.3 is 0 Å². The van der Waals surface area contributed by atoms with Gasteiger partial charge in [0, 0.05) is 27.0 Å². The van der Waals surface area contributed by atoms with E-state index in [2.05, 4.69) is 25.9 Å². The van der Waals surface area contributed by atoms with Gasteiger partial charge < -0.3 is 0 Å². The van der Waals surface area contributed by atoms with Crippen LogP contribution in [0.15, 0.2) is 27.8 Å². The van der Waals surface area contributed by atoms with Crippen LogP contribution in [0, 0.1) is 0 Å². The van der Waals surface area contributed by atoms with E-state index in [1.54, 1.807) is 17.5 Å². The summed E-state index contributed by atoms with van der Waals surface area (Å²) in [5, 5.41) is 4.56. The highest BCUT2D eigenvalue weighted by molar-refractivity contribution is 9.10. The quantitative estimate of drug-likeness (QED) is 0.794. The Kier molecular flexibility index (Phi) is 2.62. The SMILES string of the molecule is Clc1cncnc1-c1cscc1Br. The Morgan fingerprint density at radius 1 is 1.38 bits per heavy atom. The molecule has 0 aromatic carbocycles. The van der Waals surface area contributed by atoms with Crippen molar-refractivity contribution in [3.8, 4) is 11.3 Å². The molecule has 0 aliphatic rings. The first-order valence-corrected chi connectivity index (χ1v) is 5.58. The number of nitrogens with zero attached hydrogens (tertiary/aromatic N) is 2. The molecule has 2 aromatic heterocycles. The maximum Gasteiger partial charge on any atom is 0.116 e. The van der Waals surface area contributed by atoms with Gasteiger partial charge in [0.05, 0.1) is 10.7 Å². The number of hydrogen-bond acceptors (Lipinski definition) is 3. The molecule has 0 aliphatic carbocycles. The van der Waals surface area contributed by atoms with Gasteiger partial charge in [-0.05, 0) is 15.9 Å². The van der Waals surface area contributed by atoms with Crippen molar-refractivity contribution >= 4 is 38.9 Å².